The van der Waals surface area contributed by atoms with Crippen molar-refractivity contribution in [3.8, 4) is 0 Å². The van der Waals surface area contributed by atoms with Crippen LogP contribution in [-0.2, 0) is 4.74 Å². The number of benzene rings is 1. The molecule has 1 heterocycles. The number of hydrogen-bond acceptors (Lipinski definition) is 3. The number of aryl methyl sites for hydroxylation is 2. The Labute approximate surface area is 152 Å². The van der Waals surface area contributed by atoms with Crippen molar-refractivity contribution in [2.45, 2.75) is 32.8 Å². The number of rotatable bonds is 3. The standard InChI is InChI=1S/C15H21ClN4OS2/c1-9-6-10(2)13(12(16)7-9)18-15(23)20-19-14(22)17-8-11-4-3-5-21-11/h6-7,11H,3-5,8H2,1-2H3,(H2,17,19,22)(H2,18,20,23)/t11-/m0/s1. The monoisotopic (exact) mass is 372 g/mol. The molecule has 0 aromatic heterocycles. The van der Waals surface area contributed by atoms with E-state index >= 15 is 0 Å². The van der Waals surface area contributed by atoms with Gasteiger partial charge >= 0.3 is 0 Å². The summed E-state index contributed by atoms with van der Waals surface area (Å²) in [6.45, 7) is 5.50. The molecular formula is C15H21ClN4OS2. The summed E-state index contributed by atoms with van der Waals surface area (Å²) in [4.78, 5) is 0. The van der Waals surface area contributed by atoms with Gasteiger partial charge < -0.3 is 15.4 Å². The summed E-state index contributed by atoms with van der Waals surface area (Å²) < 4.78 is 5.52. The maximum atomic E-state index is 6.24. The molecule has 8 heteroatoms. The highest BCUT2D eigenvalue weighted by molar-refractivity contribution is 7.80. The van der Waals surface area contributed by atoms with Gasteiger partial charge in [-0.1, -0.05) is 17.7 Å². The Morgan fingerprint density at radius 1 is 1.26 bits per heavy atom. The predicted molar refractivity (Wildman–Crippen MR) is 103 cm³/mol. The number of hydrazine groups is 1. The van der Waals surface area contributed by atoms with Gasteiger partial charge in [0.25, 0.3) is 0 Å². The van der Waals surface area contributed by atoms with Crippen LogP contribution in [0.3, 0.4) is 0 Å². The fourth-order valence-electron chi connectivity index (χ4n) is 2.39. The van der Waals surface area contributed by atoms with Crippen LogP contribution >= 0.6 is 36.0 Å². The molecule has 1 atom stereocenters. The van der Waals surface area contributed by atoms with Gasteiger partial charge in [0.05, 0.1) is 16.8 Å². The number of halogens is 1. The summed E-state index contributed by atoms with van der Waals surface area (Å²) in [5.74, 6) is 0. The van der Waals surface area contributed by atoms with Crippen molar-refractivity contribution < 1.29 is 4.74 Å². The molecular weight excluding hydrogens is 352 g/mol. The van der Waals surface area contributed by atoms with E-state index < -0.39 is 0 Å². The summed E-state index contributed by atoms with van der Waals surface area (Å²) in [5, 5.41) is 7.65. The molecule has 0 aliphatic carbocycles. The van der Waals surface area contributed by atoms with Crippen LogP contribution in [0.15, 0.2) is 12.1 Å². The van der Waals surface area contributed by atoms with Crippen molar-refractivity contribution in [2.24, 2.45) is 0 Å². The second kappa shape index (κ2) is 8.63. The van der Waals surface area contributed by atoms with Gasteiger partial charge in [0.1, 0.15) is 0 Å². The van der Waals surface area contributed by atoms with E-state index in [0.29, 0.717) is 21.8 Å². The zero-order chi connectivity index (χ0) is 16.8. The third kappa shape index (κ3) is 5.76. The Bertz CT molecular complexity index is 568. The van der Waals surface area contributed by atoms with Crippen molar-refractivity contribution in [1.29, 1.82) is 0 Å². The van der Waals surface area contributed by atoms with Gasteiger partial charge in [0.15, 0.2) is 10.2 Å². The molecule has 0 saturated carbocycles. The minimum Gasteiger partial charge on any atom is -0.376 e. The molecule has 23 heavy (non-hydrogen) atoms. The van der Waals surface area contributed by atoms with E-state index in [-0.39, 0.29) is 6.10 Å². The van der Waals surface area contributed by atoms with Gasteiger partial charge in [0.2, 0.25) is 0 Å². The van der Waals surface area contributed by atoms with E-state index in [1.807, 2.05) is 26.0 Å². The van der Waals surface area contributed by atoms with Crippen LogP contribution in [0.4, 0.5) is 5.69 Å². The van der Waals surface area contributed by atoms with Gasteiger partial charge in [-0.15, -0.1) is 0 Å². The first-order chi connectivity index (χ1) is 11.0. The van der Waals surface area contributed by atoms with Crippen LogP contribution in [0.5, 0.6) is 0 Å². The maximum absolute atomic E-state index is 6.24. The van der Waals surface area contributed by atoms with Gasteiger partial charge in [-0.05, 0) is 68.3 Å². The van der Waals surface area contributed by atoms with Crippen LogP contribution < -0.4 is 21.5 Å². The van der Waals surface area contributed by atoms with Crippen LogP contribution in [0, 0.1) is 13.8 Å². The molecule has 1 aliphatic rings. The third-order valence-corrected chi connectivity index (χ3v) is 4.22. The summed E-state index contributed by atoms with van der Waals surface area (Å²) in [7, 11) is 0. The lowest BCUT2D eigenvalue weighted by Crippen LogP contribution is -2.49. The molecule has 1 aliphatic heterocycles. The van der Waals surface area contributed by atoms with E-state index in [4.69, 9.17) is 40.8 Å². The fraction of sp³-hybridized carbons (Fsp3) is 0.467. The van der Waals surface area contributed by atoms with Crippen molar-refractivity contribution in [2.75, 3.05) is 18.5 Å². The Morgan fingerprint density at radius 2 is 2.00 bits per heavy atom. The van der Waals surface area contributed by atoms with Crippen molar-refractivity contribution in [1.82, 2.24) is 16.2 Å². The van der Waals surface area contributed by atoms with Crippen LogP contribution in [0.1, 0.15) is 24.0 Å². The topological polar surface area (TPSA) is 57.3 Å². The molecule has 126 valence electrons. The first-order valence-electron chi connectivity index (χ1n) is 7.45. The fourth-order valence-corrected chi connectivity index (χ4v) is 3.04. The zero-order valence-corrected chi connectivity index (χ0v) is 15.6. The minimum atomic E-state index is 0.230. The molecule has 4 N–H and O–H groups in total. The highest BCUT2D eigenvalue weighted by Gasteiger charge is 2.15. The number of thiocarbonyl (C=S) groups is 2. The van der Waals surface area contributed by atoms with Crippen molar-refractivity contribution in [3.63, 3.8) is 0 Å². The number of anilines is 1. The second-order valence-corrected chi connectivity index (χ2v) is 6.71. The third-order valence-electron chi connectivity index (χ3n) is 3.47. The first kappa shape index (κ1) is 18.2. The molecule has 0 amide bonds. The Balaban J connectivity index is 1.75. The average Bonchev–Trinajstić information content (AvgIpc) is 3.00. The lowest BCUT2D eigenvalue weighted by Gasteiger charge is -2.17. The summed E-state index contributed by atoms with van der Waals surface area (Å²) in [6, 6.07) is 3.93. The lowest BCUT2D eigenvalue weighted by molar-refractivity contribution is 0.114. The summed E-state index contributed by atoms with van der Waals surface area (Å²) in [5.41, 5.74) is 8.61. The van der Waals surface area contributed by atoms with Gasteiger partial charge in [-0.2, -0.15) is 0 Å². The Hall–Kier alpha value is -1.15. The molecule has 1 fully saturated rings. The molecule has 0 unspecified atom stereocenters. The first-order valence-corrected chi connectivity index (χ1v) is 8.64. The molecule has 0 radical (unpaired) electrons. The van der Waals surface area contributed by atoms with Crippen LogP contribution in [0.25, 0.3) is 0 Å². The molecule has 2 rings (SSSR count). The molecule has 5 nitrogen and oxygen atoms in total. The highest BCUT2D eigenvalue weighted by Crippen LogP contribution is 2.27. The largest absolute Gasteiger partial charge is 0.376 e. The maximum Gasteiger partial charge on any atom is 0.189 e. The SMILES string of the molecule is Cc1cc(C)c(NC(=S)NNC(=S)NC[C@@H]2CCCO2)c(Cl)c1. The average molecular weight is 373 g/mol. The van der Waals surface area contributed by atoms with Crippen molar-refractivity contribution >= 4 is 51.9 Å². The van der Waals surface area contributed by atoms with E-state index in [1.54, 1.807) is 0 Å². The quantitative estimate of drug-likeness (QED) is 0.481. The smallest absolute Gasteiger partial charge is 0.189 e. The minimum absolute atomic E-state index is 0.230. The Kier molecular flexibility index (Phi) is 6.83. The van der Waals surface area contributed by atoms with E-state index in [9.17, 15) is 0 Å². The molecule has 0 bridgehead atoms. The van der Waals surface area contributed by atoms with Gasteiger partial charge in [-0.3, -0.25) is 10.9 Å². The predicted octanol–water partition coefficient (Wildman–Crippen LogP) is 2.80. The van der Waals surface area contributed by atoms with Gasteiger partial charge in [-0.25, -0.2) is 0 Å². The molecule has 1 aromatic rings. The molecule has 1 saturated heterocycles. The summed E-state index contributed by atoms with van der Waals surface area (Å²) in [6.07, 6.45) is 2.40. The van der Waals surface area contributed by atoms with Gasteiger partial charge in [0, 0.05) is 13.2 Å². The normalized spacial score (nSPS) is 16.7. The van der Waals surface area contributed by atoms with E-state index in [0.717, 1.165) is 36.3 Å². The van der Waals surface area contributed by atoms with Crippen LogP contribution in [0.2, 0.25) is 5.02 Å². The number of ether oxygens (including phenoxy) is 1. The number of hydrogen-bond donors (Lipinski definition) is 4. The van der Waals surface area contributed by atoms with Crippen LogP contribution in [-0.4, -0.2) is 29.5 Å². The highest BCUT2D eigenvalue weighted by atomic mass is 35.5. The number of nitrogens with one attached hydrogen (secondary N) is 4. The lowest BCUT2D eigenvalue weighted by atomic mass is 10.1. The van der Waals surface area contributed by atoms with Crippen molar-refractivity contribution in [3.05, 3.63) is 28.3 Å². The zero-order valence-electron chi connectivity index (χ0n) is 13.2. The molecule has 0 spiro atoms. The Morgan fingerprint density at radius 3 is 2.65 bits per heavy atom. The van der Waals surface area contributed by atoms with E-state index in [2.05, 4.69) is 21.5 Å². The summed E-state index contributed by atoms with van der Waals surface area (Å²) >= 11 is 16.7. The second-order valence-electron chi connectivity index (χ2n) is 5.49. The van der Waals surface area contributed by atoms with E-state index in [1.165, 1.54) is 0 Å². The molecule has 1 aromatic carbocycles.